The molecule has 0 unspecified atom stereocenters. The lowest BCUT2D eigenvalue weighted by atomic mass is 9.90. The maximum Gasteiger partial charge on any atom is 0.275 e. The van der Waals surface area contributed by atoms with Crippen molar-refractivity contribution in [3.63, 3.8) is 0 Å². The minimum atomic E-state index is 0.0689. The van der Waals surface area contributed by atoms with E-state index in [-0.39, 0.29) is 5.91 Å². The number of likely N-dealkylation sites (tertiary alicyclic amines) is 1. The molecule has 1 heterocycles. The molecule has 1 amide bonds. The summed E-state index contributed by atoms with van der Waals surface area (Å²) in [5.74, 6) is 3.26. The summed E-state index contributed by atoms with van der Waals surface area (Å²) in [6.45, 7) is 3.06. The second kappa shape index (κ2) is 7.72. The Morgan fingerprint density at radius 3 is 2.65 bits per heavy atom. The van der Waals surface area contributed by atoms with E-state index in [1.165, 1.54) is 23.3 Å². The van der Waals surface area contributed by atoms with Crippen LogP contribution in [-0.4, -0.2) is 32.1 Å². The molecule has 0 aliphatic carbocycles. The highest BCUT2D eigenvalue weighted by Crippen LogP contribution is 2.16. The van der Waals surface area contributed by atoms with E-state index in [9.17, 15) is 4.79 Å². The molecule has 1 aliphatic rings. The van der Waals surface area contributed by atoms with E-state index in [0.717, 1.165) is 25.4 Å². The van der Waals surface area contributed by atoms with E-state index in [0.29, 0.717) is 13.1 Å². The molecule has 20 heavy (non-hydrogen) atoms. The van der Waals surface area contributed by atoms with Crippen molar-refractivity contribution >= 4 is 5.91 Å². The lowest BCUT2D eigenvalue weighted by Gasteiger charge is -2.28. The van der Waals surface area contributed by atoms with Gasteiger partial charge in [0.1, 0.15) is 0 Å². The zero-order valence-corrected chi connectivity index (χ0v) is 11.9. The van der Waals surface area contributed by atoms with Crippen molar-refractivity contribution in [2.45, 2.75) is 19.3 Å². The molecule has 0 radical (unpaired) electrons. The Labute approximate surface area is 121 Å². The van der Waals surface area contributed by atoms with Crippen LogP contribution in [0.4, 0.5) is 0 Å². The second-order valence-electron chi connectivity index (χ2n) is 5.54. The van der Waals surface area contributed by atoms with E-state index in [2.05, 4.69) is 41.6 Å². The van der Waals surface area contributed by atoms with Crippen molar-refractivity contribution in [3.8, 4) is 12.3 Å². The van der Waals surface area contributed by atoms with Gasteiger partial charge in [0.15, 0.2) is 6.54 Å². The molecular formula is C17H23N2O+. The molecule has 106 valence electrons. The molecule has 1 saturated heterocycles. The lowest BCUT2D eigenvalue weighted by molar-refractivity contribution is -0.898. The molecule has 0 aromatic heterocycles. The molecular weight excluding hydrogens is 248 g/mol. The van der Waals surface area contributed by atoms with Gasteiger partial charge in [0.05, 0.1) is 19.6 Å². The first-order valence-corrected chi connectivity index (χ1v) is 7.35. The van der Waals surface area contributed by atoms with Crippen LogP contribution in [0.25, 0.3) is 0 Å². The summed E-state index contributed by atoms with van der Waals surface area (Å²) in [5.41, 5.74) is 1.42. The van der Waals surface area contributed by atoms with Crippen LogP contribution in [0.5, 0.6) is 0 Å². The maximum atomic E-state index is 11.6. The Kier molecular flexibility index (Phi) is 5.64. The molecule has 0 bridgehead atoms. The average Bonchev–Trinajstić information content (AvgIpc) is 2.48. The second-order valence-corrected chi connectivity index (χ2v) is 5.54. The molecule has 3 heteroatoms. The minimum absolute atomic E-state index is 0.0689. The van der Waals surface area contributed by atoms with Crippen molar-refractivity contribution in [3.05, 3.63) is 35.9 Å². The third-order valence-corrected chi connectivity index (χ3v) is 3.98. The predicted molar refractivity (Wildman–Crippen MR) is 80.3 cm³/mol. The van der Waals surface area contributed by atoms with Crippen LogP contribution < -0.4 is 10.2 Å². The van der Waals surface area contributed by atoms with Gasteiger partial charge in [-0.05, 0) is 30.7 Å². The first-order chi connectivity index (χ1) is 9.78. The summed E-state index contributed by atoms with van der Waals surface area (Å²) < 4.78 is 0. The maximum absolute atomic E-state index is 11.6. The summed E-state index contributed by atoms with van der Waals surface area (Å²) in [5, 5.41) is 2.73. The zero-order valence-electron chi connectivity index (χ0n) is 11.9. The number of carbonyl (C=O) groups excluding carboxylic acids is 1. The molecule has 1 fully saturated rings. The van der Waals surface area contributed by atoms with Crippen molar-refractivity contribution in [1.82, 2.24) is 5.32 Å². The molecule has 0 atom stereocenters. The van der Waals surface area contributed by atoms with E-state index in [1.54, 1.807) is 0 Å². The Bertz CT molecular complexity index is 456. The Hall–Kier alpha value is -1.79. The SMILES string of the molecule is C#CCNC(=O)C[NH+]1CCC(Cc2ccccc2)CC1. The number of piperidine rings is 1. The average molecular weight is 271 g/mol. The molecule has 0 spiro atoms. The number of hydrogen-bond donors (Lipinski definition) is 2. The first kappa shape index (κ1) is 14.6. The van der Waals surface area contributed by atoms with Gasteiger partial charge in [-0.3, -0.25) is 4.79 Å². The number of terminal acetylenes is 1. The van der Waals surface area contributed by atoms with Crippen LogP contribution in [0.2, 0.25) is 0 Å². The van der Waals surface area contributed by atoms with Crippen LogP contribution in [-0.2, 0) is 11.2 Å². The monoisotopic (exact) mass is 271 g/mol. The highest BCUT2D eigenvalue weighted by atomic mass is 16.2. The third-order valence-electron chi connectivity index (χ3n) is 3.98. The van der Waals surface area contributed by atoms with Gasteiger partial charge in [0.25, 0.3) is 5.91 Å². The first-order valence-electron chi connectivity index (χ1n) is 7.35. The lowest BCUT2D eigenvalue weighted by Crippen LogP contribution is -3.14. The Morgan fingerprint density at radius 1 is 1.30 bits per heavy atom. The summed E-state index contributed by atoms with van der Waals surface area (Å²) in [4.78, 5) is 13.0. The van der Waals surface area contributed by atoms with Crippen molar-refractivity contribution in [2.75, 3.05) is 26.2 Å². The number of benzene rings is 1. The quantitative estimate of drug-likeness (QED) is 0.741. The zero-order chi connectivity index (χ0) is 14.2. The van der Waals surface area contributed by atoms with E-state index in [1.807, 2.05) is 0 Å². The van der Waals surface area contributed by atoms with Gasteiger partial charge in [-0.25, -0.2) is 0 Å². The summed E-state index contributed by atoms with van der Waals surface area (Å²) in [7, 11) is 0. The highest BCUT2D eigenvalue weighted by Gasteiger charge is 2.23. The standard InChI is InChI=1S/C17H22N2O/c1-2-10-18-17(20)14-19-11-8-16(9-12-19)13-15-6-4-3-5-7-15/h1,3-7,16H,8-14H2,(H,18,20)/p+1. The fourth-order valence-electron chi connectivity index (χ4n) is 2.85. The Balaban J connectivity index is 1.70. The number of quaternary nitrogens is 1. The molecule has 0 saturated carbocycles. The fraction of sp³-hybridized carbons (Fsp3) is 0.471. The highest BCUT2D eigenvalue weighted by molar-refractivity contribution is 5.77. The summed E-state index contributed by atoms with van der Waals surface area (Å²) in [6.07, 6.45) is 8.70. The summed E-state index contributed by atoms with van der Waals surface area (Å²) in [6, 6.07) is 10.7. The number of nitrogens with one attached hydrogen (secondary N) is 2. The van der Waals surface area contributed by atoms with Gasteiger partial charge in [-0.1, -0.05) is 36.3 Å². The molecule has 1 aliphatic heterocycles. The number of hydrogen-bond acceptors (Lipinski definition) is 1. The number of rotatable bonds is 5. The van der Waals surface area contributed by atoms with Crippen LogP contribution >= 0.6 is 0 Å². The largest absolute Gasteiger partial charge is 0.340 e. The summed E-state index contributed by atoms with van der Waals surface area (Å²) >= 11 is 0. The third kappa shape index (κ3) is 4.71. The van der Waals surface area contributed by atoms with Gasteiger partial charge < -0.3 is 10.2 Å². The van der Waals surface area contributed by atoms with E-state index in [4.69, 9.17) is 6.42 Å². The van der Waals surface area contributed by atoms with Crippen LogP contribution in [0, 0.1) is 18.3 Å². The van der Waals surface area contributed by atoms with Crippen molar-refractivity contribution < 1.29 is 9.69 Å². The molecule has 3 nitrogen and oxygen atoms in total. The topological polar surface area (TPSA) is 33.5 Å². The fourth-order valence-corrected chi connectivity index (χ4v) is 2.85. The van der Waals surface area contributed by atoms with Crippen LogP contribution in [0.15, 0.2) is 30.3 Å². The van der Waals surface area contributed by atoms with E-state index >= 15 is 0 Å². The van der Waals surface area contributed by atoms with E-state index < -0.39 is 0 Å². The van der Waals surface area contributed by atoms with Gasteiger partial charge >= 0.3 is 0 Å². The number of amides is 1. The normalized spacial score (nSPS) is 21.9. The predicted octanol–water partition coefficient (Wildman–Crippen LogP) is 0.273. The van der Waals surface area contributed by atoms with Crippen molar-refractivity contribution in [2.24, 2.45) is 5.92 Å². The molecule has 2 rings (SSSR count). The molecule has 1 aromatic carbocycles. The molecule has 2 N–H and O–H groups in total. The van der Waals surface area contributed by atoms with Gasteiger partial charge in [-0.2, -0.15) is 0 Å². The van der Waals surface area contributed by atoms with Gasteiger partial charge in [0, 0.05) is 0 Å². The van der Waals surface area contributed by atoms with Crippen LogP contribution in [0.3, 0.4) is 0 Å². The Morgan fingerprint density at radius 2 is 2.00 bits per heavy atom. The minimum Gasteiger partial charge on any atom is -0.340 e. The van der Waals surface area contributed by atoms with Crippen molar-refractivity contribution in [1.29, 1.82) is 0 Å². The van der Waals surface area contributed by atoms with Crippen LogP contribution in [0.1, 0.15) is 18.4 Å². The molecule has 1 aromatic rings. The van der Waals surface area contributed by atoms with Gasteiger partial charge in [0.2, 0.25) is 0 Å². The number of carbonyl (C=O) groups is 1. The van der Waals surface area contributed by atoms with Gasteiger partial charge in [-0.15, -0.1) is 6.42 Å². The smallest absolute Gasteiger partial charge is 0.275 e.